The summed E-state index contributed by atoms with van der Waals surface area (Å²) in [5.41, 5.74) is -1.86. The summed E-state index contributed by atoms with van der Waals surface area (Å²) in [5.74, 6) is -3.82. The highest BCUT2D eigenvalue weighted by Crippen LogP contribution is 2.45. The van der Waals surface area contributed by atoms with Crippen LogP contribution in [0.4, 0.5) is 0 Å². The van der Waals surface area contributed by atoms with Gasteiger partial charge in [0.05, 0.1) is 12.0 Å². The topological polar surface area (TPSA) is 110 Å². The largest absolute Gasteiger partial charge is 0.454 e. The number of fused-ring (bicyclic) bond motifs is 1. The van der Waals surface area contributed by atoms with Gasteiger partial charge in [-0.1, -0.05) is 25.7 Å². The van der Waals surface area contributed by atoms with Crippen molar-refractivity contribution < 1.29 is 34.1 Å². The zero-order valence-electron chi connectivity index (χ0n) is 16.0. The van der Waals surface area contributed by atoms with Crippen molar-refractivity contribution in [2.45, 2.75) is 58.0 Å². The molecule has 2 fully saturated rings. The minimum Gasteiger partial charge on any atom is -0.454 e. The maximum Gasteiger partial charge on any atom is 0.334 e. The van der Waals surface area contributed by atoms with Crippen LogP contribution in [0.3, 0.4) is 0 Å². The lowest BCUT2D eigenvalue weighted by atomic mass is 9.78. The first-order valence-corrected chi connectivity index (χ1v) is 8.90. The van der Waals surface area contributed by atoms with Crippen LogP contribution in [0.25, 0.3) is 0 Å². The van der Waals surface area contributed by atoms with Crippen molar-refractivity contribution in [1.29, 1.82) is 0 Å². The fourth-order valence-corrected chi connectivity index (χ4v) is 3.68. The number of allylic oxidation sites excluding steroid dienone is 2. The van der Waals surface area contributed by atoms with Gasteiger partial charge in [-0.2, -0.15) is 0 Å². The van der Waals surface area contributed by atoms with E-state index in [4.69, 9.17) is 9.47 Å². The maximum absolute atomic E-state index is 12.8. The Morgan fingerprint density at radius 3 is 2.56 bits per heavy atom. The Labute approximate surface area is 158 Å². The Bertz CT molecular complexity index is 720. The molecule has 0 bridgehead atoms. The Balaban J connectivity index is 2.61. The second-order valence-electron chi connectivity index (χ2n) is 7.11. The molecule has 0 spiro atoms. The van der Waals surface area contributed by atoms with E-state index in [9.17, 15) is 24.6 Å². The standard InChI is InChI=1S/C20H26O7/c1-6-8-14(22)20(25)11(4)9-13(21)15-12(5)19(24)26-16(15)17(20)27-18(23)10(3)7-2/h6-8,11,13,15-17,21,25H,5,9H2,1-4H3/b8-6+,10-7-/t11-,13-,15+,16+,17-,20+/m0/s1. The van der Waals surface area contributed by atoms with Gasteiger partial charge in [-0.25, -0.2) is 9.59 Å². The molecule has 6 atom stereocenters. The number of aliphatic hydroxyl groups is 2. The van der Waals surface area contributed by atoms with E-state index in [1.807, 2.05) is 0 Å². The molecule has 2 rings (SSSR count). The van der Waals surface area contributed by atoms with Gasteiger partial charge in [-0.3, -0.25) is 4.79 Å². The van der Waals surface area contributed by atoms with Crippen LogP contribution in [-0.4, -0.2) is 51.8 Å². The zero-order chi connectivity index (χ0) is 20.5. The second-order valence-corrected chi connectivity index (χ2v) is 7.11. The molecule has 0 unspecified atom stereocenters. The number of aliphatic hydroxyl groups excluding tert-OH is 1. The van der Waals surface area contributed by atoms with Crippen LogP contribution in [0, 0.1) is 11.8 Å². The third-order valence-electron chi connectivity index (χ3n) is 5.46. The molecule has 27 heavy (non-hydrogen) atoms. The molecule has 7 heteroatoms. The van der Waals surface area contributed by atoms with E-state index in [-0.39, 0.29) is 17.6 Å². The van der Waals surface area contributed by atoms with E-state index in [1.54, 1.807) is 20.8 Å². The summed E-state index contributed by atoms with van der Waals surface area (Å²) >= 11 is 0. The molecule has 148 valence electrons. The highest BCUT2D eigenvalue weighted by atomic mass is 16.6. The minimum atomic E-state index is -2.17. The molecule has 0 radical (unpaired) electrons. The third kappa shape index (κ3) is 3.49. The summed E-state index contributed by atoms with van der Waals surface area (Å²) < 4.78 is 10.8. The Morgan fingerprint density at radius 1 is 1.37 bits per heavy atom. The molecule has 1 saturated heterocycles. The molecule has 2 aliphatic rings. The fraction of sp³-hybridized carbons (Fsp3) is 0.550. The molecular formula is C20H26O7. The van der Waals surface area contributed by atoms with Crippen LogP contribution >= 0.6 is 0 Å². The summed E-state index contributed by atoms with van der Waals surface area (Å²) in [6.07, 6.45) is 0.399. The summed E-state index contributed by atoms with van der Waals surface area (Å²) in [7, 11) is 0. The Morgan fingerprint density at radius 2 is 2.00 bits per heavy atom. The van der Waals surface area contributed by atoms with Crippen LogP contribution < -0.4 is 0 Å². The molecule has 1 aliphatic heterocycles. The van der Waals surface area contributed by atoms with E-state index < -0.39 is 53.5 Å². The van der Waals surface area contributed by atoms with Gasteiger partial charge in [0.25, 0.3) is 0 Å². The highest BCUT2D eigenvalue weighted by molar-refractivity contribution is 5.99. The molecule has 7 nitrogen and oxygen atoms in total. The van der Waals surface area contributed by atoms with Gasteiger partial charge in [0.1, 0.15) is 0 Å². The normalized spacial score (nSPS) is 37.0. The molecule has 0 aromatic carbocycles. The predicted octanol–water partition coefficient (Wildman–Crippen LogP) is 1.24. The van der Waals surface area contributed by atoms with Gasteiger partial charge in [0.2, 0.25) is 0 Å². The smallest absolute Gasteiger partial charge is 0.334 e. The van der Waals surface area contributed by atoms with Crippen LogP contribution in [0.5, 0.6) is 0 Å². The number of carbonyl (C=O) groups excluding carboxylic acids is 3. The molecule has 1 saturated carbocycles. The quantitative estimate of drug-likeness (QED) is 0.559. The van der Waals surface area contributed by atoms with E-state index >= 15 is 0 Å². The van der Waals surface area contributed by atoms with Crippen molar-refractivity contribution in [3.63, 3.8) is 0 Å². The van der Waals surface area contributed by atoms with Gasteiger partial charge < -0.3 is 19.7 Å². The van der Waals surface area contributed by atoms with Crippen molar-refractivity contribution in [3.8, 4) is 0 Å². The molecular weight excluding hydrogens is 352 g/mol. The summed E-state index contributed by atoms with van der Waals surface area (Å²) in [6.45, 7) is 10.0. The van der Waals surface area contributed by atoms with E-state index in [0.29, 0.717) is 0 Å². The minimum absolute atomic E-state index is 0.00721. The molecule has 2 N–H and O–H groups in total. The highest BCUT2D eigenvalue weighted by Gasteiger charge is 2.62. The van der Waals surface area contributed by atoms with Crippen LogP contribution in [0.2, 0.25) is 0 Å². The maximum atomic E-state index is 12.8. The number of ketones is 1. The van der Waals surface area contributed by atoms with Crippen molar-refractivity contribution in [1.82, 2.24) is 0 Å². The second kappa shape index (κ2) is 7.78. The summed E-state index contributed by atoms with van der Waals surface area (Å²) in [5, 5.41) is 22.0. The fourth-order valence-electron chi connectivity index (χ4n) is 3.68. The lowest BCUT2D eigenvalue weighted by Gasteiger charge is -2.38. The number of esters is 2. The average Bonchev–Trinajstić information content (AvgIpc) is 2.88. The van der Waals surface area contributed by atoms with Crippen LogP contribution in [0.15, 0.2) is 36.0 Å². The lowest BCUT2D eigenvalue weighted by Crippen LogP contribution is -2.59. The van der Waals surface area contributed by atoms with Crippen molar-refractivity contribution in [3.05, 3.63) is 36.0 Å². The molecule has 1 heterocycles. The van der Waals surface area contributed by atoms with Gasteiger partial charge in [-0.15, -0.1) is 0 Å². The van der Waals surface area contributed by atoms with E-state index in [2.05, 4.69) is 6.58 Å². The number of ether oxygens (including phenoxy) is 2. The summed E-state index contributed by atoms with van der Waals surface area (Å²) in [6, 6.07) is 0. The van der Waals surface area contributed by atoms with Crippen molar-refractivity contribution >= 4 is 17.7 Å². The third-order valence-corrected chi connectivity index (χ3v) is 5.46. The molecule has 0 aromatic heterocycles. The molecule has 0 aromatic rings. The first-order valence-electron chi connectivity index (χ1n) is 8.90. The first kappa shape index (κ1) is 21.1. The summed E-state index contributed by atoms with van der Waals surface area (Å²) in [4.78, 5) is 37.2. The number of hydrogen-bond acceptors (Lipinski definition) is 7. The number of hydrogen-bond donors (Lipinski definition) is 2. The van der Waals surface area contributed by atoms with Crippen LogP contribution in [-0.2, 0) is 23.9 Å². The lowest BCUT2D eigenvalue weighted by molar-refractivity contribution is -0.192. The monoisotopic (exact) mass is 378 g/mol. The van der Waals surface area contributed by atoms with E-state index in [1.165, 1.54) is 25.2 Å². The Hall–Kier alpha value is -2.25. The van der Waals surface area contributed by atoms with Crippen molar-refractivity contribution in [2.75, 3.05) is 0 Å². The van der Waals surface area contributed by atoms with Gasteiger partial charge in [0, 0.05) is 11.1 Å². The van der Waals surface area contributed by atoms with E-state index in [0.717, 1.165) is 0 Å². The van der Waals surface area contributed by atoms with Gasteiger partial charge >= 0.3 is 11.9 Å². The Kier molecular flexibility index (Phi) is 6.07. The van der Waals surface area contributed by atoms with Crippen LogP contribution in [0.1, 0.15) is 34.1 Å². The number of rotatable bonds is 4. The van der Waals surface area contributed by atoms with Gasteiger partial charge in [0.15, 0.2) is 23.6 Å². The zero-order valence-corrected chi connectivity index (χ0v) is 16.0. The molecule has 0 amide bonds. The first-order chi connectivity index (χ1) is 12.6. The SMILES string of the molecule is C=C1C(=O)O[C@@H]2[C@H]1[C@@H](O)C[C@H](C)[C@@](O)(C(=O)/C=C/C)[C@H]2OC(=O)/C(C)=C\C. The number of carbonyl (C=O) groups is 3. The average molecular weight is 378 g/mol. The molecule has 1 aliphatic carbocycles. The van der Waals surface area contributed by atoms with Crippen molar-refractivity contribution in [2.24, 2.45) is 11.8 Å². The van der Waals surface area contributed by atoms with Gasteiger partial charge in [-0.05, 0) is 39.2 Å². The predicted molar refractivity (Wildman–Crippen MR) is 96.4 cm³/mol.